The highest BCUT2D eigenvalue weighted by molar-refractivity contribution is 5.69. The molecule has 0 bridgehead atoms. The van der Waals surface area contributed by atoms with Gasteiger partial charge in [-0.25, -0.2) is 0 Å². The van der Waals surface area contributed by atoms with Crippen LogP contribution < -0.4 is 10.1 Å². The van der Waals surface area contributed by atoms with Crippen LogP contribution in [-0.4, -0.2) is 13.7 Å². The molecule has 2 aromatic carbocycles. The molecule has 2 heteroatoms. The molecular weight excluding hydrogens is 258 g/mol. The average molecular weight is 283 g/mol. The van der Waals surface area contributed by atoms with E-state index in [1.807, 2.05) is 6.07 Å². The van der Waals surface area contributed by atoms with Crippen molar-refractivity contribution in [2.75, 3.05) is 13.7 Å². The molecule has 0 fully saturated rings. The molecule has 0 saturated carbocycles. The summed E-state index contributed by atoms with van der Waals surface area (Å²) in [5.41, 5.74) is 6.37. The lowest BCUT2D eigenvalue weighted by molar-refractivity contribution is 0.412. The molecule has 0 aromatic heterocycles. The molecule has 0 spiro atoms. The van der Waals surface area contributed by atoms with Crippen LogP contribution in [-0.2, 0) is 6.54 Å². The second kappa shape index (κ2) is 7.28. The summed E-state index contributed by atoms with van der Waals surface area (Å²) >= 11 is 0. The van der Waals surface area contributed by atoms with E-state index in [0.29, 0.717) is 0 Å². The Labute approximate surface area is 128 Å². The van der Waals surface area contributed by atoms with Crippen LogP contribution in [0.15, 0.2) is 36.4 Å². The van der Waals surface area contributed by atoms with Crippen LogP contribution in [0.4, 0.5) is 0 Å². The van der Waals surface area contributed by atoms with Gasteiger partial charge in [0.2, 0.25) is 0 Å². The van der Waals surface area contributed by atoms with E-state index in [9.17, 15) is 0 Å². The van der Waals surface area contributed by atoms with Crippen LogP contribution in [0.25, 0.3) is 11.1 Å². The van der Waals surface area contributed by atoms with Gasteiger partial charge >= 0.3 is 0 Å². The van der Waals surface area contributed by atoms with Gasteiger partial charge in [-0.3, -0.25) is 0 Å². The standard InChI is InChI=1S/C19H25NO/c1-5-10-20-13-16-6-8-18(14(2)11-16)17-7-9-19(21-4)15(3)12-17/h6-9,11-12,20H,5,10,13H2,1-4H3. The number of ether oxygens (including phenoxy) is 1. The summed E-state index contributed by atoms with van der Waals surface area (Å²) in [5, 5.41) is 3.45. The quantitative estimate of drug-likeness (QED) is 0.789. The highest BCUT2D eigenvalue weighted by atomic mass is 16.5. The fourth-order valence-electron chi connectivity index (χ4n) is 2.62. The SMILES string of the molecule is CCCNCc1ccc(-c2ccc(OC)c(C)c2)c(C)c1. The lowest BCUT2D eigenvalue weighted by Crippen LogP contribution is -2.13. The van der Waals surface area contributed by atoms with Crippen LogP contribution in [0.1, 0.15) is 30.0 Å². The molecule has 0 aliphatic heterocycles. The van der Waals surface area contributed by atoms with Gasteiger partial charge in [-0.15, -0.1) is 0 Å². The molecule has 0 aliphatic rings. The summed E-state index contributed by atoms with van der Waals surface area (Å²) in [5.74, 6) is 0.941. The molecule has 2 nitrogen and oxygen atoms in total. The van der Waals surface area contributed by atoms with Crippen molar-refractivity contribution in [3.05, 3.63) is 53.1 Å². The second-order valence-corrected chi connectivity index (χ2v) is 5.51. The zero-order valence-corrected chi connectivity index (χ0v) is 13.5. The van der Waals surface area contributed by atoms with E-state index < -0.39 is 0 Å². The maximum absolute atomic E-state index is 5.33. The minimum atomic E-state index is 0.941. The van der Waals surface area contributed by atoms with Gasteiger partial charge in [0.25, 0.3) is 0 Å². The monoisotopic (exact) mass is 283 g/mol. The van der Waals surface area contributed by atoms with E-state index in [4.69, 9.17) is 4.74 Å². The molecule has 0 atom stereocenters. The molecule has 0 heterocycles. The lowest BCUT2D eigenvalue weighted by atomic mass is 9.97. The number of methoxy groups -OCH3 is 1. The van der Waals surface area contributed by atoms with Gasteiger partial charge in [0, 0.05) is 6.54 Å². The first-order valence-corrected chi connectivity index (χ1v) is 7.61. The van der Waals surface area contributed by atoms with Crippen molar-refractivity contribution in [1.82, 2.24) is 5.32 Å². The zero-order chi connectivity index (χ0) is 15.2. The molecule has 0 aliphatic carbocycles. The molecule has 2 rings (SSSR count). The number of benzene rings is 2. The van der Waals surface area contributed by atoms with Crippen molar-refractivity contribution < 1.29 is 4.74 Å². The molecule has 0 saturated heterocycles. The molecule has 0 unspecified atom stereocenters. The van der Waals surface area contributed by atoms with Gasteiger partial charge in [0.05, 0.1) is 7.11 Å². The van der Waals surface area contributed by atoms with E-state index in [1.165, 1.54) is 34.2 Å². The third kappa shape index (κ3) is 3.85. The summed E-state index contributed by atoms with van der Waals surface area (Å²) < 4.78 is 5.33. The first kappa shape index (κ1) is 15.6. The van der Waals surface area contributed by atoms with Crippen LogP contribution >= 0.6 is 0 Å². The summed E-state index contributed by atoms with van der Waals surface area (Å²) in [4.78, 5) is 0. The number of aryl methyl sites for hydroxylation is 2. The predicted molar refractivity (Wildman–Crippen MR) is 89.9 cm³/mol. The van der Waals surface area contributed by atoms with Gasteiger partial charge in [0.15, 0.2) is 0 Å². The maximum atomic E-state index is 5.33. The topological polar surface area (TPSA) is 21.3 Å². The van der Waals surface area contributed by atoms with E-state index in [2.05, 4.69) is 56.4 Å². The Bertz CT molecular complexity index is 605. The second-order valence-electron chi connectivity index (χ2n) is 5.51. The van der Waals surface area contributed by atoms with Crippen molar-refractivity contribution in [3.8, 4) is 16.9 Å². The molecule has 0 radical (unpaired) electrons. The van der Waals surface area contributed by atoms with Crippen LogP contribution in [0.5, 0.6) is 5.75 Å². The highest BCUT2D eigenvalue weighted by Gasteiger charge is 2.06. The maximum Gasteiger partial charge on any atom is 0.121 e. The van der Waals surface area contributed by atoms with Crippen molar-refractivity contribution in [2.45, 2.75) is 33.7 Å². The third-order valence-electron chi connectivity index (χ3n) is 3.75. The number of hydrogen-bond donors (Lipinski definition) is 1. The fraction of sp³-hybridized carbons (Fsp3) is 0.368. The normalized spacial score (nSPS) is 10.7. The zero-order valence-electron chi connectivity index (χ0n) is 13.5. The van der Waals surface area contributed by atoms with Crippen LogP contribution in [0.2, 0.25) is 0 Å². The summed E-state index contributed by atoms with van der Waals surface area (Å²) in [6.45, 7) is 8.46. The molecular formula is C19H25NO. The number of rotatable bonds is 6. The van der Waals surface area contributed by atoms with E-state index in [0.717, 1.165) is 18.8 Å². The summed E-state index contributed by atoms with van der Waals surface area (Å²) in [7, 11) is 1.71. The largest absolute Gasteiger partial charge is 0.496 e. The van der Waals surface area contributed by atoms with E-state index in [1.54, 1.807) is 7.11 Å². The molecule has 112 valence electrons. The molecule has 1 N–H and O–H groups in total. The Balaban J connectivity index is 2.22. The van der Waals surface area contributed by atoms with Crippen molar-refractivity contribution in [3.63, 3.8) is 0 Å². The Morgan fingerprint density at radius 3 is 2.43 bits per heavy atom. The van der Waals surface area contributed by atoms with Crippen LogP contribution in [0.3, 0.4) is 0 Å². The average Bonchev–Trinajstić information content (AvgIpc) is 2.47. The first-order chi connectivity index (χ1) is 10.2. The highest BCUT2D eigenvalue weighted by Crippen LogP contribution is 2.28. The summed E-state index contributed by atoms with van der Waals surface area (Å²) in [6.07, 6.45) is 1.17. The van der Waals surface area contributed by atoms with Crippen molar-refractivity contribution >= 4 is 0 Å². The van der Waals surface area contributed by atoms with Gasteiger partial charge < -0.3 is 10.1 Å². The molecule has 21 heavy (non-hydrogen) atoms. The van der Waals surface area contributed by atoms with Crippen molar-refractivity contribution in [1.29, 1.82) is 0 Å². The first-order valence-electron chi connectivity index (χ1n) is 7.61. The van der Waals surface area contributed by atoms with E-state index in [-0.39, 0.29) is 0 Å². The van der Waals surface area contributed by atoms with Gasteiger partial charge in [-0.2, -0.15) is 0 Å². The minimum absolute atomic E-state index is 0.941. The van der Waals surface area contributed by atoms with Gasteiger partial charge in [-0.1, -0.05) is 31.2 Å². The van der Waals surface area contributed by atoms with E-state index >= 15 is 0 Å². The third-order valence-corrected chi connectivity index (χ3v) is 3.75. The molecule has 2 aromatic rings. The van der Waals surface area contributed by atoms with Crippen molar-refractivity contribution in [2.24, 2.45) is 0 Å². The predicted octanol–water partition coefficient (Wildman–Crippen LogP) is 4.48. The number of nitrogens with one attached hydrogen (secondary N) is 1. The molecule has 0 amide bonds. The number of hydrogen-bond acceptors (Lipinski definition) is 2. The van der Waals surface area contributed by atoms with Gasteiger partial charge in [0.1, 0.15) is 5.75 Å². The minimum Gasteiger partial charge on any atom is -0.496 e. The Hall–Kier alpha value is -1.80. The summed E-state index contributed by atoms with van der Waals surface area (Å²) in [6, 6.07) is 13.1. The fourth-order valence-corrected chi connectivity index (χ4v) is 2.62. The Morgan fingerprint density at radius 2 is 1.81 bits per heavy atom. The smallest absolute Gasteiger partial charge is 0.121 e. The van der Waals surface area contributed by atoms with Crippen LogP contribution in [0, 0.1) is 13.8 Å². The van der Waals surface area contributed by atoms with Gasteiger partial charge in [-0.05, 0) is 66.8 Å². The lowest BCUT2D eigenvalue weighted by Gasteiger charge is -2.12. The Kier molecular flexibility index (Phi) is 5.40. The Morgan fingerprint density at radius 1 is 1.00 bits per heavy atom.